The van der Waals surface area contributed by atoms with Gasteiger partial charge in [-0.25, -0.2) is 4.39 Å². The standard InChI is InChI=1S/C17H19ClFN/c1-11-9-13(14(18)10-15(11)19)16(20)17(2,3)12-7-5-4-6-8-12/h4-10,16H,20H2,1-3H3. The van der Waals surface area contributed by atoms with Crippen molar-refractivity contribution in [1.29, 1.82) is 0 Å². The van der Waals surface area contributed by atoms with Gasteiger partial charge in [-0.05, 0) is 29.7 Å². The lowest BCUT2D eigenvalue weighted by atomic mass is 9.75. The molecule has 0 radical (unpaired) electrons. The number of nitrogens with two attached hydrogens (primary N) is 1. The number of aryl methyl sites for hydroxylation is 1. The minimum atomic E-state index is -0.309. The zero-order valence-corrected chi connectivity index (χ0v) is 12.7. The first-order valence-electron chi connectivity index (χ1n) is 6.60. The van der Waals surface area contributed by atoms with Crippen molar-refractivity contribution in [3.05, 3.63) is 70.0 Å². The summed E-state index contributed by atoms with van der Waals surface area (Å²) >= 11 is 6.17. The number of hydrogen-bond donors (Lipinski definition) is 1. The molecule has 0 aliphatic heterocycles. The molecule has 2 rings (SSSR count). The predicted octanol–water partition coefficient (Wildman–Crippen LogP) is 4.77. The summed E-state index contributed by atoms with van der Waals surface area (Å²) in [5.41, 5.74) is 8.59. The molecule has 0 heterocycles. The average Bonchev–Trinajstić information content (AvgIpc) is 2.43. The molecular weight excluding hydrogens is 273 g/mol. The Labute approximate surface area is 124 Å². The van der Waals surface area contributed by atoms with Gasteiger partial charge in [0.05, 0.1) is 0 Å². The van der Waals surface area contributed by atoms with E-state index >= 15 is 0 Å². The molecule has 2 N–H and O–H groups in total. The van der Waals surface area contributed by atoms with Crippen molar-refractivity contribution in [2.24, 2.45) is 5.73 Å². The summed E-state index contributed by atoms with van der Waals surface area (Å²) in [5, 5.41) is 0.379. The van der Waals surface area contributed by atoms with Crippen molar-refractivity contribution in [3.63, 3.8) is 0 Å². The van der Waals surface area contributed by atoms with Gasteiger partial charge in [0, 0.05) is 16.5 Å². The fourth-order valence-electron chi connectivity index (χ4n) is 2.35. The van der Waals surface area contributed by atoms with Crippen LogP contribution < -0.4 is 5.73 Å². The molecule has 2 aromatic rings. The SMILES string of the molecule is Cc1cc(C(N)C(C)(C)c2ccccc2)c(Cl)cc1F. The highest BCUT2D eigenvalue weighted by Crippen LogP contribution is 2.38. The molecule has 0 saturated heterocycles. The van der Waals surface area contributed by atoms with Crippen LogP contribution in [0.2, 0.25) is 5.02 Å². The third kappa shape index (κ3) is 2.72. The van der Waals surface area contributed by atoms with Gasteiger partial charge in [-0.1, -0.05) is 61.8 Å². The Morgan fingerprint density at radius 2 is 1.75 bits per heavy atom. The van der Waals surface area contributed by atoms with E-state index in [9.17, 15) is 4.39 Å². The van der Waals surface area contributed by atoms with Crippen molar-refractivity contribution >= 4 is 11.6 Å². The lowest BCUT2D eigenvalue weighted by Crippen LogP contribution is -2.33. The smallest absolute Gasteiger partial charge is 0.127 e. The molecule has 20 heavy (non-hydrogen) atoms. The van der Waals surface area contributed by atoms with Crippen LogP contribution in [0, 0.1) is 12.7 Å². The fourth-order valence-corrected chi connectivity index (χ4v) is 2.62. The second-order valence-corrected chi connectivity index (χ2v) is 6.10. The normalized spacial score (nSPS) is 13.3. The molecule has 2 aromatic carbocycles. The molecule has 0 saturated carbocycles. The van der Waals surface area contributed by atoms with Gasteiger partial charge >= 0.3 is 0 Å². The lowest BCUT2D eigenvalue weighted by molar-refractivity contribution is 0.420. The summed E-state index contributed by atoms with van der Waals surface area (Å²) in [5.74, 6) is -0.302. The van der Waals surface area contributed by atoms with E-state index < -0.39 is 0 Å². The molecule has 0 aromatic heterocycles. The monoisotopic (exact) mass is 291 g/mol. The second-order valence-electron chi connectivity index (χ2n) is 5.69. The van der Waals surface area contributed by atoms with Crippen LogP contribution in [0.25, 0.3) is 0 Å². The van der Waals surface area contributed by atoms with E-state index in [1.807, 2.05) is 30.3 Å². The molecule has 1 atom stereocenters. The fraction of sp³-hybridized carbons (Fsp3) is 0.294. The largest absolute Gasteiger partial charge is 0.323 e. The van der Waals surface area contributed by atoms with E-state index in [2.05, 4.69) is 13.8 Å². The van der Waals surface area contributed by atoms with Crippen LogP contribution in [0.3, 0.4) is 0 Å². The first kappa shape index (κ1) is 15.0. The van der Waals surface area contributed by atoms with Gasteiger partial charge in [-0.15, -0.1) is 0 Å². The molecule has 0 aliphatic carbocycles. The molecule has 0 bridgehead atoms. The summed E-state index contributed by atoms with van der Waals surface area (Å²) in [6.45, 7) is 5.86. The molecule has 0 spiro atoms. The summed E-state index contributed by atoms with van der Waals surface area (Å²) in [6, 6.07) is 12.8. The van der Waals surface area contributed by atoms with Crippen molar-refractivity contribution in [2.75, 3.05) is 0 Å². The number of halogens is 2. The zero-order valence-electron chi connectivity index (χ0n) is 12.0. The molecule has 1 nitrogen and oxygen atoms in total. The maximum atomic E-state index is 13.5. The first-order chi connectivity index (χ1) is 9.34. The molecule has 0 fully saturated rings. The molecular formula is C17H19ClFN. The van der Waals surface area contributed by atoms with E-state index in [4.69, 9.17) is 17.3 Å². The van der Waals surface area contributed by atoms with Crippen LogP contribution in [0.15, 0.2) is 42.5 Å². The van der Waals surface area contributed by atoms with E-state index in [-0.39, 0.29) is 17.3 Å². The van der Waals surface area contributed by atoms with Crippen LogP contribution in [0.4, 0.5) is 4.39 Å². The molecule has 0 amide bonds. The Hall–Kier alpha value is -1.38. The van der Waals surface area contributed by atoms with Gasteiger partial charge in [-0.2, -0.15) is 0 Å². The Morgan fingerprint density at radius 1 is 1.15 bits per heavy atom. The van der Waals surface area contributed by atoms with Crippen LogP contribution in [0.1, 0.15) is 36.6 Å². The van der Waals surface area contributed by atoms with Crippen molar-refractivity contribution in [3.8, 4) is 0 Å². The highest BCUT2D eigenvalue weighted by molar-refractivity contribution is 6.31. The first-order valence-corrected chi connectivity index (χ1v) is 6.98. The Morgan fingerprint density at radius 3 is 2.35 bits per heavy atom. The van der Waals surface area contributed by atoms with Crippen LogP contribution in [0.5, 0.6) is 0 Å². The zero-order chi connectivity index (χ0) is 14.9. The van der Waals surface area contributed by atoms with Gasteiger partial charge in [0.15, 0.2) is 0 Å². The quantitative estimate of drug-likeness (QED) is 0.866. The van der Waals surface area contributed by atoms with Crippen molar-refractivity contribution in [2.45, 2.75) is 32.2 Å². The van der Waals surface area contributed by atoms with Crippen LogP contribution in [-0.2, 0) is 5.41 Å². The van der Waals surface area contributed by atoms with Crippen LogP contribution in [-0.4, -0.2) is 0 Å². The van der Waals surface area contributed by atoms with Crippen LogP contribution >= 0.6 is 11.6 Å². The Kier molecular flexibility index (Phi) is 4.17. The van der Waals surface area contributed by atoms with Gasteiger partial charge in [0.25, 0.3) is 0 Å². The Bertz CT molecular complexity index is 608. The van der Waals surface area contributed by atoms with E-state index in [1.54, 1.807) is 13.0 Å². The summed E-state index contributed by atoms with van der Waals surface area (Å²) in [4.78, 5) is 0. The summed E-state index contributed by atoms with van der Waals surface area (Å²) < 4.78 is 13.5. The summed E-state index contributed by atoms with van der Waals surface area (Å²) in [7, 11) is 0. The topological polar surface area (TPSA) is 26.0 Å². The number of rotatable bonds is 3. The number of hydrogen-bond acceptors (Lipinski definition) is 1. The maximum Gasteiger partial charge on any atom is 0.127 e. The van der Waals surface area contributed by atoms with E-state index in [1.165, 1.54) is 6.07 Å². The lowest BCUT2D eigenvalue weighted by Gasteiger charge is -2.33. The average molecular weight is 292 g/mol. The maximum absolute atomic E-state index is 13.5. The third-order valence-electron chi connectivity index (χ3n) is 3.91. The van der Waals surface area contributed by atoms with Gasteiger partial charge < -0.3 is 5.73 Å². The number of benzene rings is 2. The van der Waals surface area contributed by atoms with E-state index in [0.717, 1.165) is 11.1 Å². The van der Waals surface area contributed by atoms with Gasteiger partial charge in [0.1, 0.15) is 5.82 Å². The minimum Gasteiger partial charge on any atom is -0.323 e. The second kappa shape index (κ2) is 5.55. The minimum absolute atomic E-state index is 0.296. The molecule has 0 aliphatic rings. The molecule has 3 heteroatoms. The highest BCUT2D eigenvalue weighted by Gasteiger charge is 2.31. The van der Waals surface area contributed by atoms with Crippen molar-refractivity contribution in [1.82, 2.24) is 0 Å². The predicted molar refractivity (Wildman–Crippen MR) is 82.5 cm³/mol. The third-order valence-corrected chi connectivity index (χ3v) is 4.24. The van der Waals surface area contributed by atoms with Gasteiger partial charge in [0.2, 0.25) is 0 Å². The summed E-state index contributed by atoms with van der Waals surface area (Å²) in [6.07, 6.45) is 0. The van der Waals surface area contributed by atoms with Gasteiger partial charge in [-0.3, -0.25) is 0 Å². The molecule has 106 valence electrons. The molecule has 1 unspecified atom stereocenters. The highest BCUT2D eigenvalue weighted by atomic mass is 35.5. The van der Waals surface area contributed by atoms with Crippen molar-refractivity contribution < 1.29 is 4.39 Å². The Balaban J connectivity index is 2.45. The van der Waals surface area contributed by atoms with E-state index in [0.29, 0.717) is 10.6 Å².